The second-order valence-electron chi connectivity index (χ2n) is 7.89. The summed E-state index contributed by atoms with van der Waals surface area (Å²) in [5, 5.41) is 32.6. The minimum atomic E-state index is -1.06. The molecule has 0 radical (unpaired) electrons. The van der Waals surface area contributed by atoms with Crippen LogP contribution in [0, 0.1) is 0 Å². The highest BCUT2D eigenvalue weighted by molar-refractivity contribution is 6.10. The predicted octanol–water partition coefficient (Wildman–Crippen LogP) is 4.51. The number of benzene rings is 4. The molecule has 0 aliphatic heterocycles. The summed E-state index contributed by atoms with van der Waals surface area (Å²) in [6.45, 7) is 0.264. The smallest absolute Gasteiger partial charge is 0.259 e. The fourth-order valence-electron chi connectivity index (χ4n) is 3.77. The zero-order valence-electron chi connectivity index (χ0n) is 18.7. The lowest BCUT2D eigenvalue weighted by molar-refractivity contribution is -0.122. The SMILES string of the molecule is O=C(NCc1ccccc1)C(c1ccccc1)N(C(=O)c1cc(O)c(O)c(O)c1)c1ccccc1. The van der Waals surface area contributed by atoms with E-state index in [1.54, 1.807) is 54.6 Å². The van der Waals surface area contributed by atoms with Gasteiger partial charge in [0.25, 0.3) is 5.91 Å². The van der Waals surface area contributed by atoms with Crippen LogP contribution in [0.2, 0.25) is 0 Å². The Morgan fingerprint density at radius 2 is 1.26 bits per heavy atom. The summed E-state index contributed by atoms with van der Waals surface area (Å²) in [7, 11) is 0. The fraction of sp³-hybridized carbons (Fsp3) is 0.0714. The first-order valence-electron chi connectivity index (χ1n) is 11.0. The number of nitrogens with zero attached hydrogens (tertiary/aromatic N) is 1. The van der Waals surface area contributed by atoms with Gasteiger partial charge in [0, 0.05) is 17.8 Å². The zero-order valence-corrected chi connectivity index (χ0v) is 18.7. The molecule has 0 saturated heterocycles. The maximum Gasteiger partial charge on any atom is 0.259 e. The predicted molar refractivity (Wildman–Crippen MR) is 132 cm³/mol. The highest BCUT2D eigenvalue weighted by Gasteiger charge is 2.34. The van der Waals surface area contributed by atoms with Crippen molar-refractivity contribution in [1.82, 2.24) is 5.32 Å². The number of para-hydroxylation sites is 1. The van der Waals surface area contributed by atoms with Gasteiger partial charge in [0.2, 0.25) is 5.91 Å². The number of rotatable bonds is 7. The Labute approximate surface area is 202 Å². The standard InChI is InChI=1S/C28H24N2O5/c31-23-16-21(17-24(32)26(23)33)28(35)30(22-14-8-3-9-15-22)25(20-12-6-2-7-13-20)27(34)29-18-19-10-4-1-5-11-19/h1-17,25,31-33H,18H2,(H,29,34). The number of amides is 2. The minimum Gasteiger partial charge on any atom is -0.504 e. The van der Waals surface area contributed by atoms with Crippen molar-refractivity contribution >= 4 is 17.5 Å². The van der Waals surface area contributed by atoms with Crippen molar-refractivity contribution in [1.29, 1.82) is 0 Å². The van der Waals surface area contributed by atoms with Gasteiger partial charge in [-0.15, -0.1) is 0 Å². The van der Waals surface area contributed by atoms with E-state index in [-0.39, 0.29) is 12.1 Å². The number of hydrogen-bond donors (Lipinski definition) is 4. The maximum absolute atomic E-state index is 13.8. The molecule has 4 aromatic rings. The minimum absolute atomic E-state index is 0.0987. The molecule has 0 aliphatic carbocycles. The Kier molecular flexibility index (Phi) is 6.97. The van der Waals surface area contributed by atoms with Crippen LogP contribution in [0.3, 0.4) is 0 Å². The lowest BCUT2D eigenvalue weighted by Gasteiger charge is -2.31. The van der Waals surface area contributed by atoms with Crippen molar-refractivity contribution < 1.29 is 24.9 Å². The molecule has 0 aromatic heterocycles. The summed E-state index contributed by atoms with van der Waals surface area (Å²) in [6, 6.07) is 28.0. The van der Waals surface area contributed by atoms with Crippen molar-refractivity contribution in [2.45, 2.75) is 12.6 Å². The summed E-state index contributed by atoms with van der Waals surface area (Å²) in [6.07, 6.45) is 0. The van der Waals surface area contributed by atoms with Crippen LogP contribution in [0.15, 0.2) is 103 Å². The van der Waals surface area contributed by atoms with E-state index in [0.717, 1.165) is 17.7 Å². The summed E-state index contributed by atoms with van der Waals surface area (Å²) in [5.41, 5.74) is 1.81. The van der Waals surface area contributed by atoms with Crippen molar-refractivity contribution in [2.24, 2.45) is 0 Å². The van der Waals surface area contributed by atoms with Gasteiger partial charge in [-0.05, 0) is 35.4 Å². The molecule has 1 atom stereocenters. The van der Waals surface area contributed by atoms with Crippen LogP contribution < -0.4 is 10.2 Å². The first kappa shape index (κ1) is 23.4. The van der Waals surface area contributed by atoms with Gasteiger partial charge in [-0.3, -0.25) is 14.5 Å². The average molecular weight is 469 g/mol. The normalized spacial score (nSPS) is 11.4. The van der Waals surface area contributed by atoms with Gasteiger partial charge in [-0.25, -0.2) is 0 Å². The topological polar surface area (TPSA) is 110 Å². The quantitative estimate of drug-likeness (QED) is 0.299. The van der Waals surface area contributed by atoms with Gasteiger partial charge in [0.1, 0.15) is 6.04 Å². The molecule has 0 fully saturated rings. The van der Waals surface area contributed by atoms with Crippen LogP contribution in [0.5, 0.6) is 17.2 Å². The molecule has 0 saturated carbocycles. The maximum atomic E-state index is 13.8. The Balaban J connectivity index is 1.79. The van der Waals surface area contributed by atoms with Gasteiger partial charge in [0.15, 0.2) is 17.2 Å². The number of hydrogen-bond acceptors (Lipinski definition) is 5. The number of phenolic OH excluding ortho intramolecular Hbond substituents is 3. The van der Waals surface area contributed by atoms with Gasteiger partial charge in [-0.1, -0.05) is 78.9 Å². The van der Waals surface area contributed by atoms with Crippen LogP contribution in [0.25, 0.3) is 0 Å². The zero-order chi connectivity index (χ0) is 24.8. The average Bonchev–Trinajstić information content (AvgIpc) is 2.90. The molecule has 0 bridgehead atoms. The third-order valence-electron chi connectivity index (χ3n) is 5.50. The van der Waals surface area contributed by atoms with E-state index in [1.165, 1.54) is 4.90 Å². The van der Waals surface area contributed by atoms with Gasteiger partial charge in [-0.2, -0.15) is 0 Å². The second-order valence-corrected chi connectivity index (χ2v) is 7.89. The molecule has 1 unspecified atom stereocenters. The Bertz CT molecular complexity index is 1290. The van der Waals surface area contributed by atoms with Gasteiger partial charge >= 0.3 is 0 Å². The Morgan fingerprint density at radius 3 is 1.83 bits per heavy atom. The van der Waals surface area contributed by atoms with Gasteiger partial charge in [0.05, 0.1) is 0 Å². The molecular formula is C28H24N2O5. The van der Waals surface area contributed by atoms with Crippen molar-refractivity contribution in [3.8, 4) is 17.2 Å². The van der Waals surface area contributed by atoms with Gasteiger partial charge < -0.3 is 20.6 Å². The van der Waals surface area contributed by atoms with E-state index < -0.39 is 35.1 Å². The molecule has 0 spiro atoms. The molecule has 4 rings (SSSR count). The van der Waals surface area contributed by atoms with E-state index in [1.807, 2.05) is 36.4 Å². The van der Waals surface area contributed by atoms with Crippen LogP contribution in [0.4, 0.5) is 5.69 Å². The first-order chi connectivity index (χ1) is 17.0. The third kappa shape index (κ3) is 5.25. The van der Waals surface area contributed by atoms with Crippen molar-refractivity contribution in [2.75, 3.05) is 4.90 Å². The number of phenols is 3. The molecule has 2 amide bonds. The molecular weight excluding hydrogens is 444 g/mol. The lowest BCUT2D eigenvalue weighted by atomic mass is 10.0. The number of carbonyl (C=O) groups excluding carboxylic acids is 2. The van der Waals surface area contributed by atoms with E-state index in [9.17, 15) is 24.9 Å². The first-order valence-corrected chi connectivity index (χ1v) is 11.0. The van der Waals surface area contributed by atoms with Crippen LogP contribution >= 0.6 is 0 Å². The number of anilines is 1. The number of aromatic hydroxyl groups is 3. The Hall–Kier alpha value is -4.78. The molecule has 7 heteroatoms. The van der Waals surface area contributed by atoms with E-state index in [4.69, 9.17) is 0 Å². The number of nitrogens with one attached hydrogen (secondary N) is 1. The van der Waals surface area contributed by atoms with Crippen molar-refractivity contribution in [3.63, 3.8) is 0 Å². The molecule has 176 valence electrons. The molecule has 7 nitrogen and oxygen atoms in total. The molecule has 0 heterocycles. The molecule has 0 aliphatic rings. The van der Waals surface area contributed by atoms with Crippen molar-refractivity contribution in [3.05, 3.63) is 120 Å². The highest BCUT2D eigenvalue weighted by atomic mass is 16.3. The third-order valence-corrected chi connectivity index (χ3v) is 5.50. The van der Waals surface area contributed by atoms with E-state index in [2.05, 4.69) is 5.32 Å². The van der Waals surface area contributed by atoms with Crippen LogP contribution in [0.1, 0.15) is 27.5 Å². The highest BCUT2D eigenvalue weighted by Crippen LogP contribution is 2.37. The second kappa shape index (κ2) is 10.4. The van der Waals surface area contributed by atoms with E-state index in [0.29, 0.717) is 11.3 Å². The molecule has 4 N–H and O–H groups in total. The summed E-state index contributed by atoms with van der Waals surface area (Å²) in [5.74, 6) is -3.08. The van der Waals surface area contributed by atoms with E-state index >= 15 is 0 Å². The Morgan fingerprint density at radius 1 is 0.743 bits per heavy atom. The fourth-order valence-corrected chi connectivity index (χ4v) is 3.77. The number of carbonyl (C=O) groups is 2. The molecule has 35 heavy (non-hydrogen) atoms. The van der Waals surface area contributed by atoms with Crippen LogP contribution in [-0.2, 0) is 11.3 Å². The summed E-state index contributed by atoms with van der Waals surface area (Å²) >= 11 is 0. The lowest BCUT2D eigenvalue weighted by Crippen LogP contribution is -2.44. The monoisotopic (exact) mass is 468 g/mol. The molecule has 4 aromatic carbocycles. The van der Waals surface area contributed by atoms with Crippen LogP contribution in [-0.4, -0.2) is 27.1 Å². The largest absolute Gasteiger partial charge is 0.504 e. The summed E-state index contributed by atoms with van der Waals surface area (Å²) in [4.78, 5) is 28.7. The summed E-state index contributed by atoms with van der Waals surface area (Å²) < 4.78 is 0.